The van der Waals surface area contributed by atoms with E-state index in [9.17, 15) is 26.7 Å². The van der Waals surface area contributed by atoms with E-state index in [4.69, 9.17) is 5.73 Å². The van der Waals surface area contributed by atoms with Crippen molar-refractivity contribution in [2.45, 2.75) is 32.9 Å². The van der Waals surface area contributed by atoms with E-state index in [1.54, 1.807) is 13.8 Å². The van der Waals surface area contributed by atoms with Crippen LogP contribution in [0.3, 0.4) is 0 Å². The summed E-state index contributed by atoms with van der Waals surface area (Å²) >= 11 is 0. The van der Waals surface area contributed by atoms with Crippen molar-refractivity contribution >= 4 is 11.7 Å². The molecule has 2 N–H and O–H groups in total. The topological polar surface area (TPSA) is 65.2 Å². The molecule has 124 valence electrons. The molecule has 0 amide bonds. The van der Waals surface area contributed by atoms with Crippen LogP contribution in [0.4, 0.5) is 27.6 Å². The number of nitrogens with zero attached hydrogens (tertiary/aromatic N) is 1. The minimum absolute atomic E-state index is 0.0956. The average Bonchev–Trinajstić information content (AvgIpc) is 2.37. The molecular formula is C13H15F5N2O2. The minimum atomic E-state index is -5.01. The summed E-state index contributed by atoms with van der Waals surface area (Å²) in [6.07, 6.45) is -8.47. The number of rotatable bonds is 4. The lowest BCUT2D eigenvalue weighted by atomic mass is 9.94. The standard InChI is InChI=1S/C13H15F5N2O2/c1-5(2)4-6-7(12(21)22-3)9(11(14)15)20-10(8(6)19)13(16,17)18/h5,11H,4,19H2,1-3H3. The molecule has 0 aliphatic carbocycles. The number of carbonyl (C=O) groups is 1. The molecule has 0 unspecified atom stereocenters. The monoisotopic (exact) mass is 326 g/mol. The number of alkyl halides is 5. The first-order valence-corrected chi connectivity index (χ1v) is 6.26. The van der Waals surface area contributed by atoms with Crippen LogP contribution in [0.5, 0.6) is 0 Å². The van der Waals surface area contributed by atoms with Crippen LogP contribution >= 0.6 is 0 Å². The molecule has 0 atom stereocenters. The summed E-state index contributed by atoms with van der Waals surface area (Å²) in [5, 5.41) is 0. The van der Waals surface area contributed by atoms with E-state index in [0.29, 0.717) is 0 Å². The van der Waals surface area contributed by atoms with Gasteiger partial charge in [-0.15, -0.1) is 0 Å². The van der Waals surface area contributed by atoms with Crippen LogP contribution in [0.25, 0.3) is 0 Å². The number of hydrogen-bond donors (Lipinski definition) is 1. The molecule has 4 nitrogen and oxygen atoms in total. The molecular weight excluding hydrogens is 311 g/mol. The quantitative estimate of drug-likeness (QED) is 0.678. The molecule has 0 bridgehead atoms. The van der Waals surface area contributed by atoms with Crippen molar-refractivity contribution in [2.24, 2.45) is 5.92 Å². The highest BCUT2D eigenvalue weighted by atomic mass is 19.4. The fraction of sp³-hybridized carbons (Fsp3) is 0.538. The molecule has 0 spiro atoms. The number of carbonyl (C=O) groups excluding carboxylic acids is 1. The van der Waals surface area contributed by atoms with Gasteiger partial charge in [0.2, 0.25) is 0 Å². The molecule has 1 heterocycles. The first kappa shape index (κ1) is 18.1. The van der Waals surface area contributed by atoms with E-state index in [2.05, 4.69) is 9.72 Å². The van der Waals surface area contributed by atoms with Crippen LogP contribution in [0.1, 0.15) is 47.6 Å². The van der Waals surface area contributed by atoms with E-state index in [1.165, 1.54) is 0 Å². The molecule has 0 aliphatic rings. The van der Waals surface area contributed by atoms with Crippen LogP contribution in [0, 0.1) is 5.92 Å². The predicted molar refractivity (Wildman–Crippen MR) is 68.5 cm³/mol. The summed E-state index contributed by atoms with van der Waals surface area (Å²) < 4.78 is 69.3. The van der Waals surface area contributed by atoms with Crippen molar-refractivity contribution in [2.75, 3.05) is 12.8 Å². The normalized spacial score (nSPS) is 12.1. The van der Waals surface area contributed by atoms with Gasteiger partial charge in [-0.2, -0.15) is 13.2 Å². The number of nitrogen functional groups attached to an aromatic ring is 1. The van der Waals surface area contributed by atoms with Gasteiger partial charge in [0.15, 0.2) is 5.69 Å². The minimum Gasteiger partial charge on any atom is -0.465 e. The molecule has 0 radical (unpaired) electrons. The molecule has 0 saturated heterocycles. The molecule has 0 aromatic carbocycles. The lowest BCUT2D eigenvalue weighted by Gasteiger charge is -2.20. The van der Waals surface area contributed by atoms with Gasteiger partial charge in [0.05, 0.1) is 18.4 Å². The first-order chi connectivity index (χ1) is 10.0. The molecule has 9 heteroatoms. The second-order valence-corrected chi connectivity index (χ2v) is 5.00. The van der Waals surface area contributed by atoms with Gasteiger partial charge in [-0.3, -0.25) is 0 Å². The zero-order valence-corrected chi connectivity index (χ0v) is 12.1. The second kappa shape index (κ2) is 6.45. The first-order valence-electron chi connectivity index (χ1n) is 6.26. The zero-order valence-electron chi connectivity index (χ0n) is 12.1. The Hall–Kier alpha value is -1.93. The van der Waals surface area contributed by atoms with Crippen LogP contribution in [-0.2, 0) is 17.3 Å². The number of halogens is 5. The van der Waals surface area contributed by atoms with Gasteiger partial charge >= 0.3 is 12.1 Å². The zero-order chi connectivity index (χ0) is 17.2. The van der Waals surface area contributed by atoms with Gasteiger partial charge in [0.1, 0.15) is 5.69 Å². The van der Waals surface area contributed by atoms with E-state index >= 15 is 0 Å². The van der Waals surface area contributed by atoms with Crippen molar-refractivity contribution in [3.63, 3.8) is 0 Å². The summed E-state index contributed by atoms with van der Waals surface area (Å²) in [6, 6.07) is 0. The van der Waals surface area contributed by atoms with Crippen LogP contribution in [0.2, 0.25) is 0 Å². The van der Waals surface area contributed by atoms with E-state index in [1.807, 2.05) is 0 Å². The molecule has 1 aromatic heterocycles. The molecule has 1 rings (SSSR count). The van der Waals surface area contributed by atoms with Gasteiger partial charge < -0.3 is 10.5 Å². The van der Waals surface area contributed by atoms with Crippen molar-refractivity contribution in [1.82, 2.24) is 4.98 Å². The van der Waals surface area contributed by atoms with Crippen LogP contribution < -0.4 is 5.73 Å². The molecule has 0 fully saturated rings. The largest absolute Gasteiger partial charge is 0.465 e. The lowest BCUT2D eigenvalue weighted by molar-refractivity contribution is -0.140. The summed E-state index contributed by atoms with van der Waals surface area (Å²) in [5.41, 5.74) is 0.706. The second-order valence-electron chi connectivity index (χ2n) is 5.00. The average molecular weight is 326 g/mol. The van der Waals surface area contributed by atoms with E-state index in [0.717, 1.165) is 7.11 Å². The number of ether oxygens (including phenoxy) is 1. The Bertz CT molecular complexity index is 571. The van der Waals surface area contributed by atoms with Gasteiger partial charge in [-0.05, 0) is 17.9 Å². The Labute approximate surface area is 123 Å². The number of pyridine rings is 1. The SMILES string of the molecule is COC(=O)c1c(C(F)F)nc(C(F)(F)F)c(N)c1CC(C)C. The lowest BCUT2D eigenvalue weighted by Crippen LogP contribution is -2.21. The van der Waals surface area contributed by atoms with E-state index < -0.39 is 41.2 Å². The van der Waals surface area contributed by atoms with Gasteiger partial charge in [-0.25, -0.2) is 18.6 Å². The maximum atomic E-state index is 13.1. The van der Waals surface area contributed by atoms with Crippen molar-refractivity contribution in [3.05, 3.63) is 22.5 Å². The molecule has 0 aliphatic heterocycles. The Morgan fingerprint density at radius 3 is 2.23 bits per heavy atom. The predicted octanol–water partition coefficient (Wildman–Crippen LogP) is 3.61. The third-order valence-corrected chi connectivity index (χ3v) is 2.85. The van der Waals surface area contributed by atoms with Gasteiger partial charge in [-0.1, -0.05) is 13.8 Å². The summed E-state index contributed by atoms with van der Waals surface area (Å²) in [5.74, 6) is -1.42. The Balaban J connectivity index is 3.79. The highest BCUT2D eigenvalue weighted by Gasteiger charge is 2.40. The maximum absolute atomic E-state index is 13.1. The molecule has 22 heavy (non-hydrogen) atoms. The highest BCUT2D eigenvalue weighted by Crippen LogP contribution is 2.38. The Morgan fingerprint density at radius 2 is 1.86 bits per heavy atom. The smallest absolute Gasteiger partial charge is 0.435 e. The summed E-state index contributed by atoms with van der Waals surface area (Å²) in [6.45, 7) is 3.30. The van der Waals surface area contributed by atoms with Crippen molar-refractivity contribution in [3.8, 4) is 0 Å². The number of methoxy groups -OCH3 is 1. The summed E-state index contributed by atoms with van der Waals surface area (Å²) in [7, 11) is 0.935. The number of hydrogen-bond acceptors (Lipinski definition) is 4. The number of anilines is 1. The van der Waals surface area contributed by atoms with Crippen LogP contribution in [0.15, 0.2) is 0 Å². The highest BCUT2D eigenvalue weighted by molar-refractivity contribution is 5.94. The fourth-order valence-electron chi connectivity index (χ4n) is 1.99. The fourth-order valence-corrected chi connectivity index (χ4v) is 1.99. The van der Waals surface area contributed by atoms with E-state index in [-0.39, 0.29) is 17.9 Å². The summed E-state index contributed by atoms with van der Waals surface area (Å²) in [4.78, 5) is 14.6. The Kier molecular flexibility index (Phi) is 5.31. The van der Waals surface area contributed by atoms with Crippen molar-refractivity contribution < 1.29 is 31.5 Å². The third-order valence-electron chi connectivity index (χ3n) is 2.85. The Morgan fingerprint density at radius 1 is 1.32 bits per heavy atom. The van der Waals surface area contributed by atoms with Gasteiger partial charge in [0.25, 0.3) is 6.43 Å². The number of aromatic nitrogens is 1. The number of esters is 1. The number of nitrogens with two attached hydrogens (primary N) is 1. The molecule has 1 aromatic rings. The van der Waals surface area contributed by atoms with Crippen LogP contribution in [-0.4, -0.2) is 18.1 Å². The molecule has 0 saturated carbocycles. The maximum Gasteiger partial charge on any atom is 0.435 e. The van der Waals surface area contributed by atoms with Crippen molar-refractivity contribution in [1.29, 1.82) is 0 Å². The third kappa shape index (κ3) is 3.63. The van der Waals surface area contributed by atoms with Gasteiger partial charge in [0, 0.05) is 0 Å².